The number of methoxy groups -OCH3 is 2. The second-order valence-corrected chi connectivity index (χ2v) is 5.00. The number of rotatable bonds is 5. The number of carbonyl (C=O) groups excluding carboxylic acids is 1. The van der Waals surface area contributed by atoms with Crippen LogP contribution < -0.4 is 14.2 Å². The first-order valence-corrected chi connectivity index (χ1v) is 7.16. The molecule has 0 radical (unpaired) electrons. The molecule has 0 saturated carbocycles. The average molecular weight is 327 g/mol. The summed E-state index contributed by atoms with van der Waals surface area (Å²) in [6, 6.07) is 11.2. The van der Waals surface area contributed by atoms with Crippen LogP contribution >= 0.6 is 0 Å². The molecule has 0 heterocycles. The fourth-order valence-electron chi connectivity index (χ4n) is 2.17. The van der Waals surface area contributed by atoms with Gasteiger partial charge in [-0.15, -0.1) is 0 Å². The van der Waals surface area contributed by atoms with Crippen molar-refractivity contribution in [2.75, 3.05) is 14.2 Å². The van der Waals surface area contributed by atoms with Crippen LogP contribution in [0.4, 0.5) is 0 Å². The molecule has 0 aliphatic carbocycles. The van der Waals surface area contributed by atoms with Crippen LogP contribution in [0.3, 0.4) is 0 Å². The Morgan fingerprint density at radius 2 is 1.75 bits per heavy atom. The molecule has 0 aromatic heterocycles. The van der Waals surface area contributed by atoms with Crippen molar-refractivity contribution in [1.82, 2.24) is 0 Å². The highest BCUT2D eigenvalue weighted by Gasteiger charge is 2.20. The summed E-state index contributed by atoms with van der Waals surface area (Å²) in [6.45, 7) is 1.59. The van der Waals surface area contributed by atoms with Gasteiger partial charge in [-0.1, -0.05) is 0 Å². The number of ether oxygens (including phenoxy) is 3. The lowest BCUT2D eigenvalue weighted by Crippen LogP contribution is -2.11. The van der Waals surface area contributed by atoms with E-state index in [9.17, 15) is 9.90 Å². The molecule has 1 unspecified atom stereocenters. The molecule has 0 fully saturated rings. The van der Waals surface area contributed by atoms with Gasteiger partial charge in [0.2, 0.25) is 0 Å². The average Bonchev–Trinajstić information content (AvgIpc) is 2.60. The second-order valence-electron chi connectivity index (χ2n) is 5.00. The van der Waals surface area contributed by atoms with Gasteiger partial charge < -0.3 is 19.3 Å². The SMILES string of the molecule is COc1cc(C(C)O)c(OC)cc1C(=O)Oc1ccc(C#N)cc1. The Balaban J connectivity index is 2.35. The summed E-state index contributed by atoms with van der Waals surface area (Å²) in [5, 5.41) is 18.6. The third kappa shape index (κ3) is 3.65. The number of aliphatic hydroxyl groups is 1. The molecule has 2 aromatic rings. The maximum atomic E-state index is 12.4. The maximum absolute atomic E-state index is 12.4. The third-order valence-corrected chi connectivity index (χ3v) is 3.42. The van der Waals surface area contributed by atoms with E-state index in [1.807, 2.05) is 6.07 Å². The van der Waals surface area contributed by atoms with Gasteiger partial charge in [0.15, 0.2) is 0 Å². The predicted molar refractivity (Wildman–Crippen MR) is 86.3 cm³/mol. The fraction of sp³-hybridized carbons (Fsp3) is 0.222. The van der Waals surface area contributed by atoms with Crippen molar-refractivity contribution in [2.45, 2.75) is 13.0 Å². The van der Waals surface area contributed by atoms with E-state index < -0.39 is 12.1 Å². The largest absolute Gasteiger partial charge is 0.496 e. The standard InChI is InChI=1S/C18H17NO5/c1-11(20)14-8-17(23-3)15(9-16(14)22-2)18(21)24-13-6-4-12(10-19)5-7-13/h4-9,11,20H,1-3H3. The van der Waals surface area contributed by atoms with Crippen LogP contribution in [0.1, 0.15) is 34.5 Å². The van der Waals surface area contributed by atoms with Gasteiger partial charge in [0.1, 0.15) is 22.8 Å². The molecule has 1 atom stereocenters. The molecule has 2 rings (SSSR count). The molecular weight excluding hydrogens is 310 g/mol. The molecule has 2 aromatic carbocycles. The first-order valence-electron chi connectivity index (χ1n) is 7.16. The lowest BCUT2D eigenvalue weighted by atomic mass is 10.0. The van der Waals surface area contributed by atoms with Crippen molar-refractivity contribution >= 4 is 5.97 Å². The minimum absolute atomic E-state index is 0.170. The van der Waals surface area contributed by atoms with Crippen LogP contribution in [0.15, 0.2) is 36.4 Å². The fourth-order valence-corrected chi connectivity index (χ4v) is 2.17. The van der Waals surface area contributed by atoms with Gasteiger partial charge in [0.05, 0.1) is 32.0 Å². The van der Waals surface area contributed by atoms with Crippen molar-refractivity contribution in [3.05, 3.63) is 53.1 Å². The van der Waals surface area contributed by atoms with Crippen molar-refractivity contribution in [1.29, 1.82) is 5.26 Å². The summed E-state index contributed by atoms with van der Waals surface area (Å²) in [7, 11) is 2.87. The van der Waals surface area contributed by atoms with Crippen LogP contribution in [-0.2, 0) is 0 Å². The van der Waals surface area contributed by atoms with E-state index in [4.69, 9.17) is 19.5 Å². The lowest BCUT2D eigenvalue weighted by Gasteiger charge is -2.15. The van der Waals surface area contributed by atoms with E-state index in [0.717, 1.165) is 0 Å². The van der Waals surface area contributed by atoms with Crippen molar-refractivity contribution in [3.63, 3.8) is 0 Å². The quantitative estimate of drug-likeness (QED) is 0.671. The maximum Gasteiger partial charge on any atom is 0.347 e. The molecule has 6 heteroatoms. The molecule has 0 saturated heterocycles. The van der Waals surface area contributed by atoms with Gasteiger partial charge in [-0.2, -0.15) is 5.26 Å². The molecule has 0 bridgehead atoms. The summed E-state index contributed by atoms with van der Waals surface area (Å²) in [6.07, 6.45) is -0.780. The molecule has 0 aliphatic rings. The van der Waals surface area contributed by atoms with Crippen LogP contribution in [0.2, 0.25) is 0 Å². The van der Waals surface area contributed by atoms with E-state index in [1.54, 1.807) is 25.1 Å². The number of aliphatic hydroxyl groups excluding tert-OH is 1. The van der Waals surface area contributed by atoms with Gasteiger partial charge in [-0.05, 0) is 43.3 Å². The van der Waals surface area contributed by atoms with Crippen LogP contribution in [0, 0.1) is 11.3 Å². The number of carbonyl (C=O) groups is 1. The predicted octanol–water partition coefficient (Wildman–Crippen LogP) is 2.85. The Labute approximate surface area is 139 Å². The Morgan fingerprint density at radius 1 is 1.12 bits per heavy atom. The number of esters is 1. The Bertz CT molecular complexity index is 775. The summed E-state index contributed by atoms with van der Waals surface area (Å²) in [5.74, 6) is 0.301. The normalized spacial score (nSPS) is 11.3. The number of hydrogen-bond donors (Lipinski definition) is 1. The van der Waals surface area contributed by atoms with E-state index in [1.165, 1.54) is 32.4 Å². The van der Waals surface area contributed by atoms with Crippen molar-refractivity contribution in [2.24, 2.45) is 0 Å². The highest BCUT2D eigenvalue weighted by atomic mass is 16.5. The molecule has 0 aliphatic heterocycles. The summed E-state index contributed by atoms with van der Waals surface area (Å²) >= 11 is 0. The summed E-state index contributed by atoms with van der Waals surface area (Å²) < 4.78 is 15.7. The monoisotopic (exact) mass is 327 g/mol. The number of hydrogen-bond acceptors (Lipinski definition) is 6. The molecule has 6 nitrogen and oxygen atoms in total. The van der Waals surface area contributed by atoms with E-state index in [0.29, 0.717) is 22.6 Å². The Hall–Kier alpha value is -3.04. The van der Waals surface area contributed by atoms with E-state index in [-0.39, 0.29) is 11.3 Å². The zero-order valence-electron chi connectivity index (χ0n) is 13.6. The van der Waals surface area contributed by atoms with Crippen molar-refractivity contribution in [3.8, 4) is 23.3 Å². The third-order valence-electron chi connectivity index (χ3n) is 3.42. The highest BCUT2D eigenvalue weighted by molar-refractivity contribution is 5.94. The molecule has 124 valence electrons. The van der Waals surface area contributed by atoms with E-state index in [2.05, 4.69) is 0 Å². The zero-order valence-corrected chi connectivity index (χ0v) is 13.6. The van der Waals surface area contributed by atoms with Gasteiger partial charge in [-0.25, -0.2) is 4.79 Å². The Kier molecular flexibility index (Phi) is 5.40. The number of nitriles is 1. The smallest absolute Gasteiger partial charge is 0.347 e. The molecule has 1 N–H and O–H groups in total. The number of benzene rings is 2. The lowest BCUT2D eigenvalue weighted by molar-refractivity contribution is 0.0730. The highest BCUT2D eigenvalue weighted by Crippen LogP contribution is 2.33. The molecule has 0 amide bonds. The Morgan fingerprint density at radius 3 is 2.25 bits per heavy atom. The minimum atomic E-state index is -0.780. The van der Waals surface area contributed by atoms with Crippen LogP contribution in [-0.4, -0.2) is 25.3 Å². The van der Waals surface area contributed by atoms with E-state index >= 15 is 0 Å². The topological polar surface area (TPSA) is 88.8 Å². The first kappa shape index (κ1) is 17.3. The second kappa shape index (κ2) is 7.49. The van der Waals surface area contributed by atoms with Crippen LogP contribution in [0.5, 0.6) is 17.2 Å². The van der Waals surface area contributed by atoms with Gasteiger partial charge in [0.25, 0.3) is 0 Å². The minimum Gasteiger partial charge on any atom is -0.496 e. The van der Waals surface area contributed by atoms with Crippen LogP contribution in [0.25, 0.3) is 0 Å². The number of nitrogens with zero attached hydrogens (tertiary/aromatic N) is 1. The molecule has 0 spiro atoms. The van der Waals surface area contributed by atoms with Gasteiger partial charge in [-0.3, -0.25) is 0 Å². The zero-order chi connectivity index (χ0) is 17.7. The molecule has 24 heavy (non-hydrogen) atoms. The van der Waals surface area contributed by atoms with Gasteiger partial charge >= 0.3 is 5.97 Å². The summed E-state index contributed by atoms with van der Waals surface area (Å²) in [5.41, 5.74) is 1.14. The van der Waals surface area contributed by atoms with Gasteiger partial charge in [0, 0.05) is 5.56 Å². The first-order chi connectivity index (χ1) is 11.5. The molecular formula is C18H17NO5. The summed E-state index contributed by atoms with van der Waals surface area (Å²) in [4.78, 5) is 12.4. The van der Waals surface area contributed by atoms with Crippen molar-refractivity contribution < 1.29 is 24.1 Å².